The lowest BCUT2D eigenvalue weighted by Gasteiger charge is -2.39. The molecule has 2 heterocycles. The standard InChI is InChI=1S/C14H18F3N3O.2ClH/c1-9-3-2-6-20(12(9)7-18)13(21)11-5-4-10(8-19-11)14(15,16)17;;/h4-5,8-9,12H,2-3,6-7,18H2,1H3;2*1H. The molecule has 0 bridgehead atoms. The Hall–Kier alpha value is -1.05. The van der Waals surface area contributed by atoms with Gasteiger partial charge >= 0.3 is 6.18 Å². The third kappa shape index (κ3) is 4.96. The summed E-state index contributed by atoms with van der Waals surface area (Å²) in [5.41, 5.74) is 4.88. The summed E-state index contributed by atoms with van der Waals surface area (Å²) < 4.78 is 37.5. The summed E-state index contributed by atoms with van der Waals surface area (Å²) in [5.74, 6) is -0.0760. The average molecular weight is 374 g/mol. The van der Waals surface area contributed by atoms with Gasteiger partial charge in [0.2, 0.25) is 0 Å². The Morgan fingerprint density at radius 1 is 1.39 bits per heavy atom. The van der Waals surface area contributed by atoms with Crippen molar-refractivity contribution >= 4 is 30.7 Å². The second-order valence-corrected chi connectivity index (χ2v) is 5.35. The zero-order chi connectivity index (χ0) is 15.6. The van der Waals surface area contributed by atoms with Crippen LogP contribution in [0.1, 0.15) is 35.8 Å². The fourth-order valence-electron chi connectivity index (χ4n) is 2.70. The zero-order valence-electron chi connectivity index (χ0n) is 12.5. The smallest absolute Gasteiger partial charge is 0.333 e. The van der Waals surface area contributed by atoms with Crippen LogP contribution in [0.3, 0.4) is 0 Å². The number of amides is 1. The molecule has 9 heteroatoms. The van der Waals surface area contributed by atoms with E-state index in [0.29, 0.717) is 19.3 Å². The zero-order valence-corrected chi connectivity index (χ0v) is 14.2. The van der Waals surface area contributed by atoms with Crippen molar-refractivity contribution in [2.24, 2.45) is 11.7 Å². The molecule has 0 aliphatic carbocycles. The van der Waals surface area contributed by atoms with Gasteiger partial charge in [0.05, 0.1) is 5.56 Å². The van der Waals surface area contributed by atoms with Crippen LogP contribution in [0.4, 0.5) is 13.2 Å². The van der Waals surface area contributed by atoms with E-state index < -0.39 is 11.7 Å². The molecule has 0 saturated carbocycles. The number of hydrogen-bond acceptors (Lipinski definition) is 3. The van der Waals surface area contributed by atoms with Crippen molar-refractivity contribution in [3.63, 3.8) is 0 Å². The molecule has 2 atom stereocenters. The monoisotopic (exact) mass is 373 g/mol. The Morgan fingerprint density at radius 2 is 2.04 bits per heavy atom. The molecule has 4 nitrogen and oxygen atoms in total. The van der Waals surface area contributed by atoms with Gasteiger partial charge in [0.15, 0.2) is 0 Å². The van der Waals surface area contributed by atoms with Gasteiger partial charge in [-0.25, -0.2) is 0 Å². The molecular formula is C14H20Cl2F3N3O. The van der Waals surface area contributed by atoms with E-state index in [1.165, 1.54) is 0 Å². The summed E-state index contributed by atoms with van der Waals surface area (Å²) in [6, 6.07) is 1.92. The lowest BCUT2D eigenvalue weighted by atomic mass is 9.90. The van der Waals surface area contributed by atoms with E-state index in [1.807, 2.05) is 6.92 Å². The first-order valence-electron chi connectivity index (χ1n) is 6.89. The van der Waals surface area contributed by atoms with Crippen molar-refractivity contribution in [3.8, 4) is 0 Å². The number of rotatable bonds is 2. The molecule has 2 N–H and O–H groups in total. The van der Waals surface area contributed by atoms with Gasteiger partial charge in [-0.1, -0.05) is 6.92 Å². The first-order valence-corrected chi connectivity index (χ1v) is 6.89. The number of hydrogen-bond donors (Lipinski definition) is 1. The lowest BCUT2D eigenvalue weighted by molar-refractivity contribution is -0.137. The molecule has 1 aliphatic rings. The molecule has 0 spiro atoms. The number of halogens is 5. The molecule has 132 valence electrons. The van der Waals surface area contributed by atoms with Gasteiger partial charge in [0.25, 0.3) is 5.91 Å². The Morgan fingerprint density at radius 3 is 2.52 bits per heavy atom. The largest absolute Gasteiger partial charge is 0.417 e. The van der Waals surface area contributed by atoms with Crippen molar-refractivity contribution in [1.82, 2.24) is 9.88 Å². The number of nitrogens with zero attached hydrogens (tertiary/aromatic N) is 2. The molecule has 1 saturated heterocycles. The Balaban J connectivity index is 0.00000242. The van der Waals surface area contributed by atoms with E-state index >= 15 is 0 Å². The maximum atomic E-state index is 12.5. The van der Waals surface area contributed by atoms with Crippen LogP contribution in [0.25, 0.3) is 0 Å². The summed E-state index contributed by atoms with van der Waals surface area (Å²) in [6.07, 6.45) is -1.90. The van der Waals surface area contributed by atoms with Crippen molar-refractivity contribution in [2.75, 3.05) is 13.1 Å². The van der Waals surface area contributed by atoms with Gasteiger partial charge in [0.1, 0.15) is 5.69 Å². The first kappa shape index (κ1) is 21.9. The molecule has 1 aliphatic heterocycles. The highest BCUT2D eigenvalue weighted by molar-refractivity contribution is 5.92. The van der Waals surface area contributed by atoms with Gasteiger partial charge in [0, 0.05) is 25.3 Å². The molecule has 1 fully saturated rings. The molecule has 0 radical (unpaired) electrons. The van der Waals surface area contributed by atoms with Crippen LogP contribution in [-0.2, 0) is 6.18 Å². The third-order valence-electron chi connectivity index (χ3n) is 3.93. The average Bonchev–Trinajstić information content (AvgIpc) is 2.45. The number of alkyl halides is 3. The number of piperidine rings is 1. The third-order valence-corrected chi connectivity index (χ3v) is 3.93. The molecule has 1 amide bonds. The number of nitrogens with two attached hydrogens (primary N) is 1. The van der Waals surface area contributed by atoms with E-state index in [4.69, 9.17) is 5.73 Å². The molecular weight excluding hydrogens is 354 g/mol. The maximum Gasteiger partial charge on any atom is 0.417 e. The van der Waals surface area contributed by atoms with Crippen LogP contribution in [0.2, 0.25) is 0 Å². The van der Waals surface area contributed by atoms with E-state index in [0.717, 1.165) is 25.0 Å². The SMILES string of the molecule is CC1CCCN(C(=O)c2ccc(C(F)(F)F)cn2)C1CN.Cl.Cl. The minimum atomic E-state index is -4.45. The first-order chi connectivity index (χ1) is 9.84. The number of likely N-dealkylation sites (tertiary alicyclic amines) is 1. The van der Waals surface area contributed by atoms with E-state index in [-0.39, 0.29) is 48.4 Å². The van der Waals surface area contributed by atoms with Gasteiger partial charge < -0.3 is 10.6 Å². The van der Waals surface area contributed by atoms with Crippen LogP contribution < -0.4 is 5.73 Å². The number of carbonyl (C=O) groups excluding carboxylic acids is 1. The predicted octanol–water partition coefficient (Wildman–Crippen LogP) is 3.14. The summed E-state index contributed by atoms with van der Waals surface area (Å²) in [4.78, 5) is 17.7. The Labute approximate surface area is 145 Å². The summed E-state index contributed by atoms with van der Waals surface area (Å²) >= 11 is 0. The topological polar surface area (TPSA) is 59.2 Å². The van der Waals surface area contributed by atoms with E-state index in [1.54, 1.807) is 4.90 Å². The van der Waals surface area contributed by atoms with Crippen LogP contribution in [0.5, 0.6) is 0 Å². The molecule has 2 rings (SSSR count). The highest BCUT2D eigenvalue weighted by Crippen LogP contribution is 2.29. The van der Waals surface area contributed by atoms with E-state index in [2.05, 4.69) is 4.98 Å². The number of pyridine rings is 1. The predicted molar refractivity (Wildman–Crippen MR) is 86.0 cm³/mol. The van der Waals surface area contributed by atoms with Gasteiger partial charge in [-0.3, -0.25) is 9.78 Å². The molecule has 1 aromatic heterocycles. The fraction of sp³-hybridized carbons (Fsp3) is 0.571. The normalized spacial score (nSPS) is 21.2. The molecule has 23 heavy (non-hydrogen) atoms. The van der Waals surface area contributed by atoms with Crippen LogP contribution in [0.15, 0.2) is 18.3 Å². The van der Waals surface area contributed by atoms with Crippen LogP contribution in [-0.4, -0.2) is 34.9 Å². The Kier molecular flexibility index (Phi) is 8.31. The van der Waals surface area contributed by atoms with E-state index in [9.17, 15) is 18.0 Å². The van der Waals surface area contributed by atoms with Gasteiger partial charge in [-0.05, 0) is 30.9 Å². The van der Waals surface area contributed by atoms with Gasteiger partial charge in [-0.15, -0.1) is 24.8 Å². The highest BCUT2D eigenvalue weighted by Gasteiger charge is 2.33. The maximum absolute atomic E-state index is 12.5. The van der Waals surface area contributed by atoms with Crippen molar-refractivity contribution in [1.29, 1.82) is 0 Å². The Bertz CT molecular complexity index is 511. The fourth-order valence-corrected chi connectivity index (χ4v) is 2.70. The molecule has 2 unspecified atom stereocenters. The molecule has 0 aromatic carbocycles. The minimum Gasteiger partial charge on any atom is -0.333 e. The summed E-state index contributed by atoms with van der Waals surface area (Å²) in [5, 5.41) is 0. The summed E-state index contributed by atoms with van der Waals surface area (Å²) in [7, 11) is 0. The summed E-state index contributed by atoms with van der Waals surface area (Å²) in [6.45, 7) is 2.93. The van der Waals surface area contributed by atoms with Crippen molar-refractivity contribution in [2.45, 2.75) is 32.0 Å². The molecule has 1 aromatic rings. The quantitative estimate of drug-likeness (QED) is 0.865. The van der Waals surface area contributed by atoms with Crippen molar-refractivity contribution < 1.29 is 18.0 Å². The van der Waals surface area contributed by atoms with Crippen LogP contribution in [0, 0.1) is 5.92 Å². The second-order valence-electron chi connectivity index (χ2n) is 5.35. The number of carbonyl (C=O) groups is 1. The second kappa shape index (κ2) is 8.70. The number of aromatic nitrogens is 1. The minimum absolute atomic E-state index is 0. The van der Waals surface area contributed by atoms with Crippen molar-refractivity contribution in [3.05, 3.63) is 29.6 Å². The van der Waals surface area contributed by atoms with Crippen LogP contribution >= 0.6 is 24.8 Å². The lowest BCUT2D eigenvalue weighted by Crippen LogP contribution is -2.51. The highest BCUT2D eigenvalue weighted by atomic mass is 35.5. The van der Waals surface area contributed by atoms with Gasteiger partial charge in [-0.2, -0.15) is 13.2 Å².